The minimum atomic E-state index is 0.000117. The van der Waals surface area contributed by atoms with Gasteiger partial charge in [-0.3, -0.25) is 4.79 Å². The first kappa shape index (κ1) is 13.6. The predicted octanol–water partition coefficient (Wildman–Crippen LogP) is 3.03. The van der Waals surface area contributed by atoms with Gasteiger partial charge in [0.2, 0.25) is 0 Å². The number of rotatable bonds is 5. The number of ether oxygens (including phenoxy) is 1. The van der Waals surface area contributed by atoms with Crippen molar-refractivity contribution in [3.05, 3.63) is 29.8 Å². The molecule has 1 aromatic rings. The molecule has 2 aliphatic rings. The second-order valence-electron chi connectivity index (χ2n) is 6.15. The van der Waals surface area contributed by atoms with Gasteiger partial charge in [0.05, 0.1) is 12.2 Å². The average molecular weight is 273 g/mol. The van der Waals surface area contributed by atoms with E-state index < -0.39 is 0 Å². The molecule has 4 atom stereocenters. The molecule has 0 saturated heterocycles. The van der Waals surface area contributed by atoms with Gasteiger partial charge in [-0.2, -0.15) is 0 Å². The van der Waals surface area contributed by atoms with Gasteiger partial charge in [0.1, 0.15) is 5.75 Å². The van der Waals surface area contributed by atoms with Crippen LogP contribution in [-0.2, 0) is 0 Å². The van der Waals surface area contributed by atoms with Gasteiger partial charge in [-0.1, -0.05) is 19.1 Å². The normalized spacial score (nSPS) is 31.5. The van der Waals surface area contributed by atoms with Crippen LogP contribution in [-0.4, -0.2) is 18.4 Å². The van der Waals surface area contributed by atoms with Crippen LogP contribution in [0.3, 0.4) is 0 Å². The molecule has 0 heterocycles. The second-order valence-corrected chi connectivity index (χ2v) is 6.15. The van der Waals surface area contributed by atoms with E-state index in [0.717, 1.165) is 19.3 Å². The summed E-state index contributed by atoms with van der Waals surface area (Å²) in [5.74, 6) is 1.95. The van der Waals surface area contributed by atoms with Crippen molar-refractivity contribution >= 4 is 5.78 Å². The van der Waals surface area contributed by atoms with E-state index in [1.165, 1.54) is 6.42 Å². The van der Waals surface area contributed by atoms with Gasteiger partial charge in [-0.15, -0.1) is 0 Å². The van der Waals surface area contributed by atoms with Crippen molar-refractivity contribution in [2.45, 2.75) is 38.6 Å². The van der Waals surface area contributed by atoms with Crippen molar-refractivity contribution < 1.29 is 9.53 Å². The van der Waals surface area contributed by atoms with E-state index in [-0.39, 0.29) is 17.7 Å². The second kappa shape index (κ2) is 5.57. The van der Waals surface area contributed by atoms with Gasteiger partial charge in [0.15, 0.2) is 5.78 Å². The number of carbonyl (C=O) groups is 1. The van der Waals surface area contributed by atoms with Gasteiger partial charge in [0, 0.05) is 12.0 Å². The number of Topliss-reactive ketones (excluding diaryl/α,β-unsaturated/α-hetero) is 1. The zero-order valence-corrected chi connectivity index (χ0v) is 12.0. The molecule has 2 aliphatic carbocycles. The number of fused-ring (bicyclic) bond motifs is 2. The molecule has 20 heavy (non-hydrogen) atoms. The third-order valence-corrected chi connectivity index (χ3v) is 4.90. The van der Waals surface area contributed by atoms with Crippen molar-refractivity contribution in [1.82, 2.24) is 0 Å². The van der Waals surface area contributed by atoms with Crippen LogP contribution in [0.2, 0.25) is 0 Å². The van der Waals surface area contributed by atoms with Gasteiger partial charge >= 0.3 is 0 Å². The molecule has 2 bridgehead atoms. The SMILES string of the molecule is CCCOc1ccccc1C(=O)C1C2CCC(C2)C1N. The van der Waals surface area contributed by atoms with Crippen LogP contribution in [0.5, 0.6) is 5.75 Å². The summed E-state index contributed by atoms with van der Waals surface area (Å²) in [6.45, 7) is 2.71. The van der Waals surface area contributed by atoms with Crippen molar-refractivity contribution in [3.63, 3.8) is 0 Å². The van der Waals surface area contributed by atoms with E-state index in [0.29, 0.717) is 29.8 Å². The molecular weight excluding hydrogens is 250 g/mol. The highest BCUT2D eigenvalue weighted by Gasteiger charge is 2.49. The Morgan fingerprint density at radius 1 is 1.30 bits per heavy atom. The first-order valence-electron chi connectivity index (χ1n) is 7.74. The maximum atomic E-state index is 12.9. The van der Waals surface area contributed by atoms with E-state index in [1.54, 1.807) is 0 Å². The molecule has 2 saturated carbocycles. The Hall–Kier alpha value is -1.35. The quantitative estimate of drug-likeness (QED) is 0.839. The fourth-order valence-electron chi connectivity index (χ4n) is 3.91. The van der Waals surface area contributed by atoms with Gasteiger partial charge in [-0.05, 0) is 49.7 Å². The van der Waals surface area contributed by atoms with Crippen LogP contribution in [0.4, 0.5) is 0 Å². The number of ketones is 1. The number of benzene rings is 1. The smallest absolute Gasteiger partial charge is 0.171 e. The third kappa shape index (κ3) is 2.24. The molecule has 0 aromatic heterocycles. The van der Waals surface area contributed by atoms with Crippen molar-refractivity contribution in [1.29, 1.82) is 0 Å². The monoisotopic (exact) mass is 273 g/mol. The van der Waals surface area contributed by atoms with E-state index in [9.17, 15) is 4.79 Å². The lowest BCUT2D eigenvalue weighted by Gasteiger charge is -2.27. The summed E-state index contributed by atoms with van der Waals surface area (Å²) in [4.78, 5) is 12.9. The molecule has 4 unspecified atom stereocenters. The standard InChI is InChI=1S/C17H23NO2/c1-2-9-20-14-6-4-3-5-13(14)17(19)15-11-7-8-12(10-11)16(15)18/h3-6,11-12,15-16H,2,7-10,18H2,1H3. The Kier molecular flexibility index (Phi) is 3.79. The molecule has 1 aromatic carbocycles. The molecule has 3 rings (SSSR count). The lowest BCUT2D eigenvalue weighted by molar-refractivity contribution is 0.0852. The highest BCUT2D eigenvalue weighted by Crippen LogP contribution is 2.49. The Bertz CT molecular complexity index is 498. The van der Waals surface area contributed by atoms with Gasteiger partial charge in [0.25, 0.3) is 0 Å². The van der Waals surface area contributed by atoms with E-state index in [4.69, 9.17) is 10.5 Å². The number of nitrogens with two attached hydrogens (primary N) is 1. The predicted molar refractivity (Wildman–Crippen MR) is 78.9 cm³/mol. The summed E-state index contributed by atoms with van der Waals surface area (Å²) in [6, 6.07) is 7.64. The molecule has 3 nitrogen and oxygen atoms in total. The summed E-state index contributed by atoms with van der Waals surface area (Å²) < 4.78 is 5.72. The fraction of sp³-hybridized carbons (Fsp3) is 0.588. The maximum Gasteiger partial charge on any atom is 0.171 e. The van der Waals surface area contributed by atoms with Crippen LogP contribution in [0, 0.1) is 17.8 Å². The summed E-state index contributed by atoms with van der Waals surface area (Å²) in [6.07, 6.45) is 4.43. The molecule has 2 fully saturated rings. The Balaban J connectivity index is 1.84. The Morgan fingerprint density at radius 3 is 2.75 bits per heavy atom. The first-order chi connectivity index (χ1) is 9.72. The third-order valence-electron chi connectivity index (χ3n) is 4.90. The van der Waals surface area contributed by atoms with E-state index in [2.05, 4.69) is 6.92 Å². The zero-order valence-electron chi connectivity index (χ0n) is 12.0. The van der Waals surface area contributed by atoms with Crippen LogP contribution >= 0.6 is 0 Å². The number of para-hydroxylation sites is 1. The topological polar surface area (TPSA) is 52.3 Å². The summed E-state index contributed by atoms with van der Waals surface area (Å²) in [7, 11) is 0. The zero-order chi connectivity index (χ0) is 14.1. The lowest BCUT2D eigenvalue weighted by Crippen LogP contribution is -2.40. The van der Waals surface area contributed by atoms with Crippen LogP contribution < -0.4 is 10.5 Å². The number of hydrogen-bond acceptors (Lipinski definition) is 3. The molecule has 2 N–H and O–H groups in total. The summed E-state index contributed by atoms with van der Waals surface area (Å²) in [5.41, 5.74) is 7.01. The van der Waals surface area contributed by atoms with Gasteiger partial charge in [-0.25, -0.2) is 0 Å². The summed E-state index contributed by atoms with van der Waals surface area (Å²) in [5, 5.41) is 0. The Labute approximate surface area is 120 Å². The number of carbonyl (C=O) groups excluding carboxylic acids is 1. The average Bonchev–Trinajstić information content (AvgIpc) is 3.05. The summed E-state index contributed by atoms with van der Waals surface area (Å²) >= 11 is 0. The molecule has 0 spiro atoms. The molecular formula is C17H23NO2. The molecule has 0 amide bonds. The first-order valence-corrected chi connectivity index (χ1v) is 7.74. The van der Waals surface area contributed by atoms with E-state index in [1.807, 2.05) is 24.3 Å². The highest BCUT2D eigenvalue weighted by molar-refractivity contribution is 6.01. The van der Waals surface area contributed by atoms with Crippen molar-refractivity contribution in [2.24, 2.45) is 23.5 Å². The van der Waals surface area contributed by atoms with Crippen molar-refractivity contribution in [3.8, 4) is 5.75 Å². The van der Waals surface area contributed by atoms with E-state index >= 15 is 0 Å². The molecule has 0 aliphatic heterocycles. The minimum Gasteiger partial charge on any atom is -0.493 e. The maximum absolute atomic E-state index is 12.9. The van der Waals surface area contributed by atoms with Crippen LogP contribution in [0.25, 0.3) is 0 Å². The molecule has 108 valence electrons. The fourth-order valence-corrected chi connectivity index (χ4v) is 3.91. The molecule has 0 radical (unpaired) electrons. The minimum absolute atomic E-state index is 0.000117. The lowest BCUT2D eigenvalue weighted by atomic mass is 9.80. The Morgan fingerprint density at radius 2 is 2.05 bits per heavy atom. The van der Waals surface area contributed by atoms with Crippen molar-refractivity contribution in [2.75, 3.05) is 6.61 Å². The highest BCUT2D eigenvalue weighted by atomic mass is 16.5. The van der Waals surface area contributed by atoms with Crippen LogP contribution in [0.1, 0.15) is 43.0 Å². The van der Waals surface area contributed by atoms with Gasteiger partial charge < -0.3 is 10.5 Å². The number of hydrogen-bond donors (Lipinski definition) is 1. The largest absolute Gasteiger partial charge is 0.493 e. The molecule has 3 heteroatoms. The van der Waals surface area contributed by atoms with Crippen LogP contribution in [0.15, 0.2) is 24.3 Å².